The minimum absolute atomic E-state index is 0.128. The maximum Gasteiger partial charge on any atom is 0.311 e. The van der Waals surface area contributed by atoms with E-state index < -0.39 is 0 Å². The summed E-state index contributed by atoms with van der Waals surface area (Å²) in [6.45, 7) is 0. The molecule has 0 radical (unpaired) electrons. The van der Waals surface area contributed by atoms with Crippen molar-refractivity contribution in [3.63, 3.8) is 0 Å². The van der Waals surface area contributed by atoms with Crippen LogP contribution in [0.3, 0.4) is 0 Å². The Balaban J connectivity index is 2.26. The largest absolute Gasteiger partial charge is 0.469 e. The van der Waals surface area contributed by atoms with Gasteiger partial charge < -0.3 is 4.74 Å². The van der Waals surface area contributed by atoms with Crippen molar-refractivity contribution in [1.29, 1.82) is 0 Å². The molecule has 1 aromatic carbocycles. The topological polar surface area (TPSA) is 39.2 Å². The maximum absolute atomic E-state index is 13.3. The van der Waals surface area contributed by atoms with Crippen molar-refractivity contribution in [2.45, 2.75) is 6.42 Å². The Morgan fingerprint density at radius 2 is 2.28 bits per heavy atom. The van der Waals surface area contributed by atoms with E-state index in [0.717, 1.165) is 0 Å². The van der Waals surface area contributed by atoms with E-state index in [-0.39, 0.29) is 18.2 Å². The lowest BCUT2D eigenvalue weighted by atomic mass is 10.2. The molecule has 0 saturated heterocycles. The van der Waals surface area contributed by atoms with E-state index in [4.69, 9.17) is 0 Å². The number of carbonyl (C=O) groups excluding carboxylic acids is 1. The molecule has 0 aliphatic carbocycles. The molecule has 2 aromatic rings. The predicted octanol–water partition coefficient (Wildman–Crippen LogP) is 3.43. The minimum atomic E-state index is -0.340. The fourth-order valence-electron chi connectivity index (χ4n) is 1.42. The first-order valence-electron chi connectivity index (χ1n) is 5.06. The molecule has 0 spiro atoms. The van der Waals surface area contributed by atoms with Crippen molar-refractivity contribution >= 4 is 33.2 Å². The van der Waals surface area contributed by atoms with Crippen molar-refractivity contribution in [2.75, 3.05) is 7.11 Å². The molecule has 2 rings (SSSR count). The second kappa shape index (κ2) is 5.58. The highest BCUT2D eigenvalue weighted by Gasteiger charge is 2.10. The van der Waals surface area contributed by atoms with Crippen LogP contribution in [0.5, 0.6) is 0 Å². The second-order valence-corrected chi connectivity index (χ2v) is 5.33. The molecule has 1 aromatic heterocycles. The van der Waals surface area contributed by atoms with Gasteiger partial charge in [-0.05, 0) is 18.2 Å². The van der Waals surface area contributed by atoms with Gasteiger partial charge in [0.25, 0.3) is 0 Å². The summed E-state index contributed by atoms with van der Waals surface area (Å²) in [5.41, 5.74) is 1.31. The molecule has 0 bridgehead atoms. The molecule has 18 heavy (non-hydrogen) atoms. The van der Waals surface area contributed by atoms with Crippen LogP contribution in [-0.2, 0) is 16.0 Å². The molecule has 0 N–H and O–H groups in total. The molecule has 94 valence electrons. The number of hydrogen-bond acceptors (Lipinski definition) is 4. The smallest absolute Gasteiger partial charge is 0.311 e. The van der Waals surface area contributed by atoms with E-state index in [2.05, 4.69) is 25.7 Å². The standard InChI is InChI=1S/C12H9BrFNO2S/c1-17-11(16)5-10-6-18-12(15-10)7-2-8(13)4-9(14)3-7/h2-4,6H,5H2,1H3. The summed E-state index contributed by atoms with van der Waals surface area (Å²) in [5.74, 6) is -0.670. The molecule has 6 heteroatoms. The Hall–Kier alpha value is -1.27. The Morgan fingerprint density at radius 3 is 2.94 bits per heavy atom. The van der Waals surface area contributed by atoms with E-state index in [0.29, 0.717) is 20.7 Å². The van der Waals surface area contributed by atoms with E-state index in [1.165, 1.54) is 30.6 Å². The zero-order valence-electron chi connectivity index (χ0n) is 9.44. The molecule has 0 saturated carbocycles. The van der Waals surface area contributed by atoms with Crippen molar-refractivity contribution in [1.82, 2.24) is 4.98 Å². The fraction of sp³-hybridized carbons (Fsp3) is 0.167. The van der Waals surface area contributed by atoms with E-state index in [9.17, 15) is 9.18 Å². The number of aromatic nitrogens is 1. The highest BCUT2D eigenvalue weighted by molar-refractivity contribution is 9.10. The number of carbonyl (C=O) groups is 1. The van der Waals surface area contributed by atoms with Crippen LogP contribution >= 0.6 is 27.3 Å². The van der Waals surface area contributed by atoms with E-state index >= 15 is 0 Å². The normalized spacial score (nSPS) is 10.4. The van der Waals surface area contributed by atoms with Crippen LogP contribution in [0.4, 0.5) is 4.39 Å². The van der Waals surface area contributed by atoms with Crippen molar-refractivity contribution in [2.24, 2.45) is 0 Å². The molecule has 0 atom stereocenters. The average Bonchev–Trinajstić information content (AvgIpc) is 2.76. The van der Waals surface area contributed by atoms with Crippen molar-refractivity contribution < 1.29 is 13.9 Å². The summed E-state index contributed by atoms with van der Waals surface area (Å²) < 4.78 is 18.5. The fourth-order valence-corrected chi connectivity index (χ4v) is 2.69. The number of rotatable bonds is 3. The summed E-state index contributed by atoms with van der Waals surface area (Å²) in [4.78, 5) is 15.4. The van der Waals surface area contributed by atoms with Crippen LogP contribution in [0.2, 0.25) is 0 Å². The first kappa shape index (κ1) is 13.2. The van der Waals surface area contributed by atoms with Gasteiger partial charge in [0.1, 0.15) is 10.8 Å². The van der Waals surface area contributed by atoms with Gasteiger partial charge in [-0.2, -0.15) is 0 Å². The lowest BCUT2D eigenvalue weighted by Gasteiger charge is -1.98. The van der Waals surface area contributed by atoms with Crippen LogP contribution in [0.25, 0.3) is 10.6 Å². The zero-order valence-corrected chi connectivity index (χ0v) is 11.8. The van der Waals surface area contributed by atoms with E-state index in [1.807, 2.05) is 0 Å². The molecule has 0 aliphatic rings. The lowest BCUT2D eigenvalue weighted by molar-refractivity contribution is -0.139. The van der Waals surface area contributed by atoms with Crippen LogP contribution in [-0.4, -0.2) is 18.1 Å². The SMILES string of the molecule is COC(=O)Cc1csc(-c2cc(F)cc(Br)c2)n1. The number of ether oxygens (including phenoxy) is 1. The second-order valence-electron chi connectivity index (χ2n) is 3.56. The number of thiazole rings is 1. The molecular formula is C12H9BrFNO2S. The quantitative estimate of drug-likeness (QED) is 0.810. The van der Waals surface area contributed by atoms with Crippen LogP contribution in [0, 0.1) is 5.82 Å². The molecule has 3 nitrogen and oxygen atoms in total. The molecular weight excluding hydrogens is 321 g/mol. The van der Waals surface area contributed by atoms with Gasteiger partial charge >= 0.3 is 5.97 Å². The van der Waals surface area contributed by atoms with Gasteiger partial charge in [0.15, 0.2) is 0 Å². The van der Waals surface area contributed by atoms with E-state index in [1.54, 1.807) is 11.4 Å². The van der Waals surface area contributed by atoms with Gasteiger partial charge in [0, 0.05) is 15.4 Å². The molecule has 0 amide bonds. The minimum Gasteiger partial charge on any atom is -0.469 e. The molecule has 1 heterocycles. The van der Waals surface area contributed by atoms with Crippen LogP contribution in [0.15, 0.2) is 28.1 Å². The van der Waals surface area contributed by atoms with Crippen molar-refractivity contribution in [3.05, 3.63) is 39.6 Å². The Labute approximate surface area is 116 Å². The Kier molecular flexibility index (Phi) is 4.08. The number of hydrogen-bond donors (Lipinski definition) is 0. The third-order valence-corrected chi connectivity index (χ3v) is 3.61. The number of benzene rings is 1. The highest BCUT2D eigenvalue weighted by atomic mass is 79.9. The molecule has 0 aliphatic heterocycles. The summed E-state index contributed by atoms with van der Waals surface area (Å²) in [5, 5.41) is 2.44. The van der Waals surface area contributed by atoms with Gasteiger partial charge in [0.05, 0.1) is 19.2 Å². The monoisotopic (exact) mass is 329 g/mol. The highest BCUT2D eigenvalue weighted by Crippen LogP contribution is 2.27. The van der Waals surface area contributed by atoms with Crippen LogP contribution < -0.4 is 0 Å². The van der Waals surface area contributed by atoms with Gasteiger partial charge in [0.2, 0.25) is 0 Å². The third kappa shape index (κ3) is 3.14. The number of esters is 1. The zero-order chi connectivity index (χ0) is 13.1. The maximum atomic E-state index is 13.3. The first-order valence-corrected chi connectivity index (χ1v) is 6.73. The summed E-state index contributed by atoms with van der Waals surface area (Å²) in [6, 6.07) is 4.57. The van der Waals surface area contributed by atoms with Crippen molar-refractivity contribution in [3.8, 4) is 10.6 Å². The predicted molar refractivity (Wildman–Crippen MR) is 70.9 cm³/mol. The average molecular weight is 330 g/mol. The number of nitrogens with zero attached hydrogens (tertiary/aromatic N) is 1. The van der Waals surface area contributed by atoms with Gasteiger partial charge in [-0.15, -0.1) is 11.3 Å². The number of halogens is 2. The van der Waals surface area contributed by atoms with Gasteiger partial charge in [-0.3, -0.25) is 4.79 Å². The van der Waals surface area contributed by atoms with Crippen LogP contribution in [0.1, 0.15) is 5.69 Å². The van der Waals surface area contributed by atoms with Gasteiger partial charge in [-0.25, -0.2) is 9.37 Å². The Morgan fingerprint density at radius 1 is 1.50 bits per heavy atom. The summed E-state index contributed by atoms with van der Waals surface area (Å²) >= 11 is 4.60. The number of methoxy groups -OCH3 is 1. The lowest BCUT2D eigenvalue weighted by Crippen LogP contribution is -2.04. The third-order valence-electron chi connectivity index (χ3n) is 2.21. The van der Waals surface area contributed by atoms with Gasteiger partial charge in [-0.1, -0.05) is 15.9 Å². The molecule has 0 unspecified atom stereocenters. The first-order chi connectivity index (χ1) is 8.58. The molecule has 0 fully saturated rings. The Bertz CT molecular complexity index is 565. The summed E-state index contributed by atoms with van der Waals surface area (Å²) in [6.07, 6.45) is 0.128. The summed E-state index contributed by atoms with van der Waals surface area (Å²) in [7, 11) is 1.33.